The third-order valence-electron chi connectivity index (χ3n) is 4.98. The van der Waals surface area contributed by atoms with Crippen LogP contribution in [-0.4, -0.2) is 48.0 Å². The summed E-state index contributed by atoms with van der Waals surface area (Å²) in [6, 6.07) is 16.6. The maximum Gasteiger partial charge on any atom is 0.325 e. The second-order valence-corrected chi connectivity index (χ2v) is 8.57. The van der Waals surface area contributed by atoms with E-state index in [2.05, 4.69) is 32.7 Å². The normalized spacial score (nSPS) is 13.7. The minimum absolute atomic E-state index is 0.0500. The second-order valence-electron chi connectivity index (χ2n) is 7.14. The Bertz CT molecular complexity index is 1080. The number of rotatable bonds is 4. The van der Waals surface area contributed by atoms with Crippen molar-refractivity contribution in [1.82, 2.24) is 9.88 Å². The molecule has 0 radical (unpaired) electrons. The van der Waals surface area contributed by atoms with E-state index in [0.29, 0.717) is 39.5 Å². The fourth-order valence-electron chi connectivity index (χ4n) is 3.42. The van der Waals surface area contributed by atoms with Gasteiger partial charge in [0.25, 0.3) is 5.91 Å². The first-order valence-corrected chi connectivity index (χ1v) is 11.1. The Hall–Kier alpha value is -3.10. The van der Waals surface area contributed by atoms with Crippen molar-refractivity contribution in [1.29, 1.82) is 0 Å². The Morgan fingerprint density at radius 3 is 2.45 bits per heavy atom. The van der Waals surface area contributed by atoms with Gasteiger partial charge in [-0.15, -0.1) is 0 Å². The number of amides is 3. The number of aromatic nitrogens is 1. The largest absolute Gasteiger partial charge is 0.368 e. The van der Waals surface area contributed by atoms with Crippen molar-refractivity contribution in [3.8, 4) is 0 Å². The third-order valence-corrected chi connectivity index (χ3v) is 6.28. The zero-order chi connectivity index (χ0) is 21.8. The van der Waals surface area contributed by atoms with Gasteiger partial charge >= 0.3 is 6.03 Å². The molecular weight excluding hydrogens is 434 g/mol. The third kappa shape index (κ3) is 5.15. The molecule has 4 rings (SSSR count). The molecule has 7 nitrogen and oxygen atoms in total. The summed E-state index contributed by atoms with van der Waals surface area (Å²) in [5, 5.41) is 6.31. The predicted octanol–water partition coefficient (Wildman–Crippen LogP) is 4.71. The van der Waals surface area contributed by atoms with E-state index in [-0.39, 0.29) is 5.91 Å². The molecule has 0 unspecified atom stereocenters. The van der Waals surface area contributed by atoms with E-state index in [9.17, 15) is 9.59 Å². The van der Waals surface area contributed by atoms with E-state index in [0.717, 1.165) is 13.1 Å². The van der Waals surface area contributed by atoms with Crippen LogP contribution in [0.1, 0.15) is 15.4 Å². The standard InChI is InChI=1S/C22H22ClN5O2S/c1-15-19(20(29)28-12-10-27(11-13-28)18-8-3-2-4-9-18)31-22(24-15)26-21(30)25-17-7-5-6-16(23)14-17/h2-9,14H,10-13H2,1H3,(H2,24,25,26,30). The molecule has 3 aromatic rings. The van der Waals surface area contributed by atoms with Crippen LogP contribution in [0.5, 0.6) is 0 Å². The first-order valence-electron chi connectivity index (χ1n) is 9.90. The van der Waals surface area contributed by atoms with Crippen molar-refractivity contribution in [2.75, 3.05) is 41.7 Å². The molecule has 31 heavy (non-hydrogen) atoms. The van der Waals surface area contributed by atoms with E-state index < -0.39 is 6.03 Å². The van der Waals surface area contributed by atoms with Gasteiger partial charge in [0, 0.05) is 42.6 Å². The van der Waals surface area contributed by atoms with Crippen molar-refractivity contribution >= 4 is 51.4 Å². The van der Waals surface area contributed by atoms with Gasteiger partial charge in [0.15, 0.2) is 5.13 Å². The van der Waals surface area contributed by atoms with E-state index in [4.69, 9.17) is 11.6 Å². The van der Waals surface area contributed by atoms with Crippen molar-refractivity contribution in [3.05, 3.63) is 70.2 Å². The second kappa shape index (κ2) is 9.36. The van der Waals surface area contributed by atoms with Gasteiger partial charge in [-0.3, -0.25) is 10.1 Å². The van der Waals surface area contributed by atoms with Crippen molar-refractivity contribution in [2.45, 2.75) is 6.92 Å². The maximum atomic E-state index is 13.0. The van der Waals surface area contributed by atoms with Gasteiger partial charge in [-0.1, -0.05) is 47.2 Å². The Labute approximate surface area is 189 Å². The fourth-order valence-corrected chi connectivity index (χ4v) is 4.54. The highest BCUT2D eigenvalue weighted by Gasteiger charge is 2.26. The van der Waals surface area contributed by atoms with E-state index in [1.165, 1.54) is 17.0 Å². The number of carbonyl (C=O) groups excluding carboxylic acids is 2. The van der Waals surface area contributed by atoms with Crippen molar-refractivity contribution < 1.29 is 9.59 Å². The molecule has 1 fully saturated rings. The average molecular weight is 456 g/mol. The molecule has 1 aliphatic heterocycles. The van der Waals surface area contributed by atoms with Crippen LogP contribution in [0.4, 0.5) is 21.3 Å². The first-order chi connectivity index (χ1) is 15.0. The first kappa shape index (κ1) is 21.1. The summed E-state index contributed by atoms with van der Waals surface area (Å²) < 4.78 is 0. The molecule has 0 spiro atoms. The van der Waals surface area contributed by atoms with E-state index >= 15 is 0 Å². The van der Waals surface area contributed by atoms with Crippen LogP contribution in [0.15, 0.2) is 54.6 Å². The number of hydrogen-bond donors (Lipinski definition) is 2. The molecule has 3 amide bonds. The summed E-state index contributed by atoms with van der Waals surface area (Å²) in [5.41, 5.74) is 2.35. The maximum absolute atomic E-state index is 13.0. The zero-order valence-electron chi connectivity index (χ0n) is 17.0. The number of anilines is 3. The number of benzene rings is 2. The number of piperazine rings is 1. The van der Waals surface area contributed by atoms with Crippen molar-refractivity contribution in [2.24, 2.45) is 0 Å². The van der Waals surface area contributed by atoms with Crippen LogP contribution in [0.2, 0.25) is 5.02 Å². The van der Waals surface area contributed by atoms with Crippen molar-refractivity contribution in [3.63, 3.8) is 0 Å². The molecule has 0 bridgehead atoms. The Morgan fingerprint density at radius 1 is 1.00 bits per heavy atom. The number of urea groups is 1. The molecule has 9 heteroatoms. The lowest BCUT2D eigenvalue weighted by Crippen LogP contribution is -2.48. The van der Waals surface area contributed by atoms with Gasteiger partial charge < -0.3 is 15.1 Å². The zero-order valence-corrected chi connectivity index (χ0v) is 18.5. The summed E-state index contributed by atoms with van der Waals surface area (Å²) in [6.07, 6.45) is 0. The Morgan fingerprint density at radius 2 is 1.74 bits per heavy atom. The number of nitrogens with one attached hydrogen (secondary N) is 2. The lowest BCUT2D eigenvalue weighted by molar-refractivity contribution is 0.0750. The van der Waals surface area contributed by atoms with Crippen LogP contribution in [-0.2, 0) is 0 Å². The quantitative estimate of drug-likeness (QED) is 0.597. The van der Waals surface area contributed by atoms with Crippen LogP contribution in [0.3, 0.4) is 0 Å². The molecule has 0 saturated carbocycles. The Kier molecular flexibility index (Phi) is 6.39. The van der Waals surface area contributed by atoms with Gasteiger partial charge in [0.05, 0.1) is 5.69 Å². The summed E-state index contributed by atoms with van der Waals surface area (Å²) in [7, 11) is 0. The molecule has 2 aromatic carbocycles. The van der Waals surface area contributed by atoms with Crippen LogP contribution >= 0.6 is 22.9 Å². The summed E-state index contributed by atoms with van der Waals surface area (Å²) in [6.45, 7) is 4.62. The lowest BCUT2D eigenvalue weighted by atomic mass is 10.2. The van der Waals surface area contributed by atoms with Gasteiger partial charge in [0.1, 0.15) is 4.88 Å². The highest BCUT2D eigenvalue weighted by molar-refractivity contribution is 7.17. The molecule has 1 aromatic heterocycles. The number of aryl methyl sites for hydroxylation is 1. The number of thiazole rings is 1. The summed E-state index contributed by atoms with van der Waals surface area (Å²) in [5.74, 6) is -0.0500. The smallest absolute Gasteiger partial charge is 0.325 e. The van der Waals surface area contributed by atoms with Gasteiger partial charge in [-0.05, 0) is 37.3 Å². The predicted molar refractivity (Wildman–Crippen MR) is 126 cm³/mol. The number of hydrogen-bond acceptors (Lipinski definition) is 5. The SMILES string of the molecule is Cc1nc(NC(=O)Nc2cccc(Cl)c2)sc1C(=O)N1CCN(c2ccccc2)CC1. The minimum atomic E-state index is -0.438. The molecule has 0 atom stereocenters. The Balaban J connectivity index is 1.36. The molecule has 2 heterocycles. The van der Waals surface area contributed by atoms with Crippen LogP contribution in [0.25, 0.3) is 0 Å². The molecule has 1 aliphatic rings. The molecule has 160 valence electrons. The van der Waals surface area contributed by atoms with Gasteiger partial charge in [-0.25, -0.2) is 9.78 Å². The lowest BCUT2D eigenvalue weighted by Gasteiger charge is -2.36. The average Bonchev–Trinajstić information content (AvgIpc) is 3.13. The topological polar surface area (TPSA) is 77.6 Å². The summed E-state index contributed by atoms with van der Waals surface area (Å²) in [4.78, 5) is 34.3. The minimum Gasteiger partial charge on any atom is -0.368 e. The van der Waals surface area contributed by atoms with Gasteiger partial charge in [0.2, 0.25) is 0 Å². The van der Waals surface area contributed by atoms with Gasteiger partial charge in [-0.2, -0.15) is 0 Å². The highest BCUT2D eigenvalue weighted by Crippen LogP contribution is 2.25. The number of nitrogens with zero attached hydrogens (tertiary/aromatic N) is 3. The molecule has 1 saturated heterocycles. The van der Waals surface area contributed by atoms with Crippen LogP contribution < -0.4 is 15.5 Å². The number of para-hydroxylation sites is 1. The molecule has 2 N–H and O–H groups in total. The van der Waals surface area contributed by atoms with Crippen LogP contribution in [0, 0.1) is 6.92 Å². The van der Waals surface area contributed by atoms with E-state index in [1.807, 2.05) is 23.1 Å². The molecule has 0 aliphatic carbocycles. The number of carbonyl (C=O) groups is 2. The number of halogens is 1. The van der Waals surface area contributed by atoms with E-state index in [1.54, 1.807) is 31.2 Å². The monoisotopic (exact) mass is 455 g/mol. The fraction of sp³-hybridized carbons (Fsp3) is 0.227. The highest BCUT2D eigenvalue weighted by atomic mass is 35.5. The summed E-state index contributed by atoms with van der Waals surface area (Å²) >= 11 is 7.12. The molecular formula is C22H22ClN5O2S.